The monoisotopic (exact) mass is 303 g/mol. The van der Waals surface area contributed by atoms with Crippen LogP contribution in [-0.4, -0.2) is 23.0 Å². The Bertz CT molecular complexity index is 637. The van der Waals surface area contributed by atoms with E-state index in [-0.39, 0.29) is 18.0 Å². The molecule has 2 amide bonds. The number of rotatable bonds is 5. The van der Waals surface area contributed by atoms with Gasteiger partial charge in [-0.2, -0.15) is 5.10 Å². The zero-order chi connectivity index (χ0) is 16.1. The molecule has 1 aromatic rings. The van der Waals surface area contributed by atoms with Crippen molar-refractivity contribution in [3.05, 3.63) is 52.2 Å². The van der Waals surface area contributed by atoms with Crippen LogP contribution in [0.25, 0.3) is 0 Å². The standard InChI is InChI=1S/C13H13N5O4/c1-8-11(13(20)17-15-8)6-12(19)16-14-7-9-2-4-10(5-3-9)18(21)22/h2-5,7,11,15H,1,6H2,(H,16,19)(H,17,20). The molecule has 114 valence electrons. The first-order valence-corrected chi connectivity index (χ1v) is 6.28. The Morgan fingerprint density at radius 2 is 2.09 bits per heavy atom. The van der Waals surface area contributed by atoms with Gasteiger partial charge in [-0.3, -0.25) is 25.1 Å². The summed E-state index contributed by atoms with van der Waals surface area (Å²) in [5.41, 5.74) is 8.19. The van der Waals surface area contributed by atoms with Gasteiger partial charge in [-0.25, -0.2) is 5.43 Å². The predicted octanol–water partition coefficient (Wildman–Crippen LogP) is 0.199. The third-order valence-electron chi connectivity index (χ3n) is 2.98. The van der Waals surface area contributed by atoms with Gasteiger partial charge in [0.2, 0.25) is 11.8 Å². The Kier molecular flexibility index (Phi) is 4.47. The van der Waals surface area contributed by atoms with Crippen molar-refractivity contribution in [2.24, 2.45) is 11.0 Å². The van der Waals surface area contributed by atoms with Gasteiger partial charge in [-0.05, 0) is 17.7 Å². The molecular weight excluding hydrogens is 290 g/mol. The maximum Gasteiger partial charge on any atom is 0.269 e. The number of benzene rings is 1. The van der Waals surface area contributed by atoms with Crippen molar-refractivity contribution in [2.45, 2.75) is 6.42 Å². The molecule has 0 spiro atoms. The minimum atomic E-state index is -0.630. The van der Waals surface area contributed by atoms with Crippen LogP contribution in [0, 0.1) is 16.0 Å². The van der Waals surface area contributed by atoms with Crippen molar-refractivity contribution in [2.75, 3.05) is 0 Å². The second-order valence-electron chi connectivity index (χ2n) is 4.54. The van der Waals surface area contributed by atoms with Crippen molar-refractivity contribution in [1.29, 1.82) is 0 Å². The lowest BCUT2D eigenvalue weighted by Crippen LogP contribution is -2.27. The highest BCUT2D eigenvalue weighted by Crippen LogP contribution is 2.15. The highest BCUT2D eigenvalue weighted by Gasteiger charge is 2.29. The fraction of sp³-hybridized carbons (Fsp3) is 0.154. The van der Waals surface area contributed by atoms with E-state index in [1.165, 1.54) is 30.5 Å². The molecular formula is C13H13N5O4. The number of hydrogen-bond acceptors (Lipinski definition) is 6. The third-order valence-corrected chi connectivity index (χ3v) is 2.98. The Hall–Kier alpha value is -3.23. The number of nitro groups is 1. The lowest BCUT2D eigenvalue weighted by Gasteiger charge is -2.05. The van der Waals surface area contributed by atoms with Gasteiger partial charge in [0.1, 0.15) is 0 Å². The van der Waals surface area contributed by atoms with Crippen molar-refractivity contribution in [3.63, 3.8) is 0 Å². The van der Waals surface area contributed by atoms with Gasteiger partial charge in [0.15, 0.2) is 0 Å². The summed E-state index contributed by atoms with van der Waals surface area (Å²) in [6.45, 7) is 3.62. The van der Waals surface area contributed by atoms with Crippen LogP contribution in [-0.2, 0) is 9.59 Å². The summed E-state index contributed by atoms with van der Waals surface area (Å²) in [6, 6.07) is 5.68. The van der Waals surface area contributed by atoms with E-state index in [0.29, 0.717) is 11.3 Å². The first kappa shape index (κ1) is 15.2. The van der Waals surface area contributed by atoms with Crippen LogP contribution >= 0.6 is 0 Å². The van der Waals surface area contributed by atoms with Crippen LogP contribution < -0.4 is 16.3 Å². The van der Waals surface area contributed by atoms with Crippen molar-refractivity contribution in [1.82, 2.24) is 16.3 Å². The van der Waals surface area contributed by atoms with Crippen LogP contribution in [0.3, 0.4) is 0 Å². The zero-order valence-electron chi connectivity index (χ0n) is 11.4. The molecule has 1 unspecified atom stereocenters. The second-order valence-corrected chi connectivity index (χ2v) is 4.54. The van der Waals surface area contributed by atoms with Crippen LogP contribution in [0.15, 0.2) is 41.6 Å². The number of nitrogens with one attached hydrogen (secondary N) is 3. The summed E-state index contributed by atoms with van der Waals surface area (Å²) < 4.78 is 0. The molecule has 0 radical (unpaired) electrons. The fourth-order valence-corrected chi connectivity index (χ4v) is 1.78. The van der Waals surface area contributed by atoms with E-state index in [0.717, 1.165) is 0 Å². The summed E-state index contributed by atoms with van der Waals surface area (Å²) in [6.07, 6.45) is 1.28. The molecule has 0 aliphatic carbocycles. The number of hydrogen-bond donors (Lipinski definition) is 3. The van der Waals surface area contributed by atoms with Gasteiger partial charge >= 0.3 is 0 Å². The zero-order valence-corrected chi connectivity index (χ0v) is 11.4. The number of hydrazine groups is 1. The summed E-state index contributed by atoms with van der Waals surface area (Å²) >= 11 is 0. The molecule has 0 aromatic heterocycles. The van der Waals surface area contributed by atoms with Gasteiger partial charge in [0.05, 0.1) is 17.1 Å². The van der Waals surface area contributed by atoms with Crippen LogP contribution in [0.4, 0.5) is 5.69 Å². The maximum atomic E-state index is 11.7. The SMILES string of the molecule is C=C1NNC(=O)C1CC(=O)NN=Cc1ccc([N+](=O)[O-])cc1. The number of hydrazone groups is 1. The van der Waals surface area contributed by atoms with Crippen molar-refractivity contribution < 1.29 is 14.5 Å². The molecule has 2 rings (SSSR count). The number of carbonyl (C=O) groups excluding carboxylic acids is 2. The summed E-state index contributed by atoms with van der Waals surface area (Å²) in [4.78, 5) is 33.1. The average Bonchev–Trinajstić information content (AvgIpc) is 2.79. The van der Waals surface area contributed by atoms with Gasteiger partial charge in [0, 0.05) is 24.3 Å². The molecule has 22 heavy (non-hydrogen) atoms. The lowest BCUT2D eigenvalue weighted by molar-refractivity contribution is -0.384. The minimum absolute atomic E-state index is 0.0283. The maximum absolute atomic E-state index is 11.7. The highest BCUT2D eigenvalue weighted by molar-refractivity contribution is 5.90. The molecule has 3 N–H and O–H groups in total. The number of nitro benzene ring substituents is 1. The summed E-state index contributed by atoms with van der Waals surface area (Å²) in [5.74, 6) is -1.39. The molecule has 9 heteroatoms. The number of non-ortho nitro benzene ring substituents is 1. The van der Waals surface area contributed by atoms with Gasteiger partial charge in [-0.1, -0.05) is 6.58 Å². The van der Waals surface area contributed by atoms with E-state index in [2.05, 4.69) is 28.0 Å². The third kappa shape index (κ3) is 3.66. The molecule has 0 bridgehead atoms. The first-order valence-electron chi connectivity index (χ1n) is 6.28. The van der Waals surface area contributed by atoms with E-state index in [1.807, 2.05) is 0 Å². The normalized spacial score (nSPS) is 17.2. The first-order chi connectivity index (χ1) is 10.5. The number of amides is 2. The Morgan fingerprint density at radius 3 is 2.64 bits per heavy atom. The molecule has 1 atom stereocenters. The lowest BCUT2D eigenvalue weighted by atomic mass is 10.0. The molecule has 1 saturated heterocycles. The minimum Gasteiger partial charge on any atom is -0.302 e. The second kappa shape index (κ2) is 6.48. The van der Waals surface area contributed by atoms with Gasteiger partial charge in [0.25, 0.3) is 5.69 Å². The number of carbonyl (C=O) groups is 2. The molecule has 1 aliphatic rings. The molecule has 1 aliphatic heterocycles. The Morgan fingerprint density at radius 1 is 1.41 bits per heavy atom. The molecule has 0 saturated carbocycles. The predicted molar refractivity (Wildman–Crippen MR) is 77.4 cm³/mol. The summed E-state index contributed by atoms with van der Waals surface area (Å²) in [5, 5.41) is 14.2. The Balaban J connectivity index is 1.86. The highest BCUT2D eigenvalue weighted by atomic mass is 16.6. The topological polar surface area (TPSA) is 126 Å². The molecule has 1 fully saturated rings. The average molecular weight is 303 g/mol. The van der Waals surface area contributed by atoms with Gasteiger partial charge < -0.3 is 5.43 Å². The molecule has 1 heterocycles. The molecule has 1 aromatic carbocycles. The van der Waals surface area contributed by atoms with Crippen LogP contribution in [0.1, 0.15) is 12.0 Å². The van der Waals surface area contributed by atoms with E-state index in [9.17, 15) is 19.7 Å². The van der Waals surface area contributed by atoms with Crippen LogP contribution in [0.5, 0.6) is 0 Å². The molecule has 9 nitrogen and oxygen atoms in total. The summed E-state index contributed by atoms with van der Waals surface area (Å²) in [7, 11) is 0. The van der Waals surface area contributed by atoms with E-state index in [1.54, 1.807) is 0 Å². The van der Waals surface area contributed by atoms with E-state index in [4.69, 9.17) is 0 Å². The Labute approximate surface area is 125 Å². The van der Waals surface area contributed by atoms with Gasteiger partial charge in [-0.15, -0.1) is 0 Å². The smallest absolute Gasteiger partial charge is 0.269 e. The van der Waals surface area contributed by atoms with Crippen molar-refractivity contribution in [3.8, 4) is 0 Å². The number of nitrogens with zero attached hydrogens (tertiary/aromatic N) is 2. The van der Waals surface area contributed by atoms with E-state index >= 15 is 0 Å². The quantitative estimate of drug-likeness (QED) is 0.407. The largest absolute Gasteiger partial charge is 0.302 e. The van der Waals surface area contributed by atoms with E-state index < -0.39 is 16.7 Å². The van der Waals surface area contributed by atoms with Crippen molar-refractivity contribution >= 4 is 23.7 Å². The van der Waals surface area contributed by atoms with Crippen LogP contribution in [0.2, 0.25) is 0 Å². The fourth-order valence-electron chi connectivity index (χ4n) is 1.78.